The minimum atomic E-state index is -5.08. The predicted octanol–water partition coefficient (Wildman–Crippen LogP) is 3.51. The molecule has 0 spiro atoms. The lowest BCUT2D eigenvalue weighted by atomic mass is 10.1. The molecule has 0 unspecified atom stereocenters. The van der Waals surface area contributed by atoms with Crippen molar-refractivity contribution in [2.24, 2.45) is 0 Å². The lowest BCUT2D eigenvalue weighted by Crippen LogP contribution is -2.43. The van der Waals surface area contributed by atoms with Gasteiger partial charge in [0, 0.05) is 55.7 Å². The maximum Gasteiger partial charge on any atom is 0.490 e. The van der Waals surface area contributed by atoms with E-state index >= 15 is 0 Å². The van der Waals surface area contributed by atoms with Gasteiger partial charge in [-0.1, -0.05) is 17.7 Å². The number of anilines is 2. The fraction of sp³-hybridized carbons (Fsp3) is 0.240. The summed E-state index contributed by atoms with van der Waals surface area (Å²) in [6.45, 7) is 3.34. The molecule has 15 heteroatoms. The Morgan fingerprint density at radius 2 is 1.73 bits per heavy atom. The smallest absolute Gasteiger partial charge is 0.475 e. The Morgan fingerprint density at radius 3 is 2.30 bits per heavy atom. The Morgan fingerprint density at radius 1 is 1.07 bits per heavy atom. The van der Waals surface area contributed by atoms with Gasteiger partial charge in [0.15, 0.2) is 0 Å². The largest absolute Gasteiger partial charge is 0.490 e. The van der Waals surface area contributed by atoms with E-state index < -0.39 is 22.2 Å². The number of nitrogens with zero attached hydrogens (tertiary/aromatic N) is 2. The van der Waals surface area contributed by atoms with Crippen LogP contribution < -0.4 is 20.3 Å². The number of carbonyl (C=O) groups excluding carboxylic acids is 1. The number of pyridine rings is 1. The van der Waals surface area contributed by atoms with Crippen molar-refractivity contribution >= 4 is 44.9 Å². The molecule has 4 rings (SSSR count). The number of sulfonamides is 1. The molecule has 2 heterocycles. The van der Waals surface area contributed by atoms with Crippen LogP contribution in [0.2, 0.25) is 5.02 Å². The highest BCUT2D eigenvalue weighted by molar-refractivity contribution is 7.92. The molecule has 1 aliphatic rings. The molecule has 2 aromatic carbocycles. The number of carboxylic acids is 1. The van der Waals surface area contributed by atoms with E-state index in [4.69, 9.17) is 21.5 Å². The molecule has 0 radical (unpaired) electrons. The molecule has 1 saturated heterocycles. The van der Waals surface area contributed by atoms with Crippen LogP contribution in [0.25, 0.3) is 0 Å². The van der Waals surface area contributed by atoms with Crippen LogP contribution in [-0.4, -0.2) is 62.7 Å². The molecule has 0 atom stereocenters. The summed E-state index contributed by atoms with van der Waals surface area (Å²) >= 11 is 5.90. The van der Waals surface area contributed by atoms with Gasteiger partial charge in [-0.3, -0.25) is 14.5 Å². The minimum absolute atomic E-state index is 0.0876. The number of aliphatic carboxylic acids is 1. The molecule has 1 fully saturated rings. The summed E-state index contributed by atoms with van der Waals surface area (Å²) in [6.07, 6.45) is -1.74. The van der Waals surface area contributed by atoms with E-state index in [9.17, 15) is 26.4 Å². The number of halogens is 4. The van der Waals surface area contributed by atoms with Gasteiger partial charge in [-0.05, 0) is 54.1 Å². The first kappa shape index (κ1) is 30.7. The molecule has 0 aliphatic carbocycles. The van der Waals surface area contributed by atoms with Gasteiger partial charge in [0.25, 0.3) is 15.9 Å². The number of piperazine rings is 1. The molecule has 1 aromatic heterocycles. The van der Waals surface area contributed by atoms with Crippen molar-refractivity contribution in [3.05, 3.63) is 83.1 Å². The van der Waals surface area contributed by atoms with Crippen LogP contribution in [0.3, 0.4) is 0 Å². The Kier molecular flexibility index (Phi) is 10.3. The zero-order valence-electron chi connectivity index (χ0n) is 20.8. The van der Waals surface area contributed by atoms with Crippen molar-refractivity contribution in [2.45, 2.75) is 17.6 Å². The zero-order chi connectivity index (χ0) is 29.3. The SMILES string of the molecule is O=C(NCc1cccnc1)c1ccc(N2CCNCC2)c(NS(=O)(=O)c2ccc(Cl)cc2)c1.O=C(O)C(F)(F)F. The van der Waals surface area contributed by atoms with E-state index in [1.54, 1.807) is 36.7 Å². The Labute approximate surface area is 233 Å². The average Bonchev–Trinajstić information content (AvgIpc) is 2.92. The molecule has 214 valence electrons. The van der Waals surface area contributed by atoms with Crippen LogP contribution >= 0.6 is 11.6 Å². The van der Waals surface area contributed by atoms with Gasteiger partial charge in [-0.15, -0.1) is 0 Å². The first-order chi connectivity index (χ1) is 18.9. The molecular weight excluding hydrogens is 575 g/mol. The minimum Gasteiger partial charge on any atom is -0.475 e. The number of hydrogen-bond acceptors (Lipinski definition) is 7. The molecule has 0 saturated carbocycles. The van der Waals surface area contributed by atoms with E-state index in [2.05, 4.69) is 25.2 Å². The van der Waals surface area contributed by atoms with Gasteiger partial charge in [-0.25, -0.2) is 13.2 Å². The highest BCUT2D eigenvalue weighted by atomic mass is 35.5. The highest BCUT2D eigenvalue weighted by Crippen LogP contribution is 2.30. The summed E-state index contributed by atoms with van der Waals surface area (Å²) in [5.41, 5.74) is 2.29. The second-order valence-electron chi connectivity index (χ2n) is 8.38. The van der Waals surface area contributed by atoms with Crippen LogP contribution in [0.4, 0.5) is 24.5 Å². The molecule has 3 aromatic rings. The maximum atomic E-state index is 13.0. The molecule has 0 bridgehead atoms. The number of aromatic nitrogens is 1. The van der Waals surface area contributed by atoms with Crippen LogP contribution in [0.15, 0.2) is 71.9 Å². The fourth-order valence-corrected chi connectivity index (χ4v) is 4.74. The molecule has 40 heavy (non-hydrogen) atoms. The summed E-state index contributed by atoms with van der Waals surface area (Å²) in [5, 5.41) is 13.7. The predicted molar refractivity (Wildman–Crippen MR) is 143 cm³/mol. The summed E-state index contributed by atoms with van der Waals surface area (Å²) in [4.78, 5) is 27.9. The first-order valence-electron chi connectivity index (χ1n) is 11.7. The molecule has 1 amide bonds. The third-order valence-electron chi connectivity index (χ3n) is 5.50. The number of hydrogen-bond donors (Lipinski definition) is 4. The summed E-state index contributed by atoms with van der Waals surface area (Å²) in [5.74, 6) is -3.06. The van der Waals surface area contributed by atoms with Crippen LogP contribution in [0.1, 0.15) is 15.9 Å². The average molecular weight is 600 g/mol. The van der Waals surface area contributed by atoms with Crippen LogP contribution in [0.5, 0.6) is 0 Å². The van der Waals surface area contributed by atoms with Crippen molar-refractivity contribution < 1.29 is 36.3 Å². The van der Waals surface area contributed by atoms with Crippen LogP contribution in [0, 0.1) is 0 Å². The third kappa shape index (κ3) is 8.83. The van der Waals surface area contributed by atoms with Crippen molar-refractivity contribution in [3.63, 3.8) is 0 Å². The number of amides is 1. The first-order valence-corrected chi connectivity index (χ1v) is 13.6. The lowest BCUT2D eigenvalue weighted by molar-refractivity contribution is -0.192. The summed E-state index contributed by atoms with van der Waals surface area (Å²) in [6, 6.07) is 14.7. The Balaban J connectivity index is 0.000000559. The van der Waals surface area contributed by atoms with Crippen molar-refractivity contribution in [1.29, 1.82) is 0 Å². The number of carboxylic acid groups (broad SMARTS) is 1. The normalized spacial score (nSPS) is 13.6. The van der Waals surface area contributed by atoms with E-state index in [0.717, 1.165) is 37.4 Å². The topological polar surface area (TPSA) is 141 Å². The standard InChI is InChI=1S/C23H24ClN5O3S.C2HF3O2/c24-19-4-6-20(7-5-19)33(31,32)28-21-14-18(3-8-22(21)29-12-10-25-11-13-29)23(30)27-16-17-2-1-9-26-15-17;3-2(4,5)1(6)7/h1-9,14-15,25,28H,10-13,16H2,(H,27,30);(H,6,7). The lowest BCUT2D eigenvalue weighted by Gasteiger charge is -2.31. The Bertz CT molecular complexity index is 1420. The van der Waals surface area contributed by atoms with Gasteiger partial charge in [0.1, 0.15) is 0 Å². The third-order valence-corrected chi connectivity index (χ3v) is 7.14. The van der Waals surface area contributed by atoms with Crippen LogP contribution in [-0.2, 0) is 21.4 Å². The molecule has 4 N–H and O–H groups in total. The fourth-order valence-electron chi connectivity index (χ4n) is 3.55. The monoisotopic (exact) mass is 599 g/mol. The number of nitrogens with one attached hydrogen (secondary N) is 3. The summed E-state index contributed by atoms with van der Waals surface area (Å²) < 4.78 is 60.5. The zero-order valence-corrected chi connectivity index (χ0v) is 22.4. The number of rotatable bonds is 7. The highest BCUT2D eigenvalue weighted by Gasteiger charge is 2.38. The van der Waals surface area contributed by atoms with Crippen molar-refractivity contribution in [3.8, 4) is 0 Å². The second kappa shape index (κ2) is 13.5. The summed E-state index contributed by atoms with van der Waals surface area (Å²) in [7, 11) is -3.88. The molecule has 10 nitrogen and oxygen atoms in total. The van der Waals surface area contributed by atoms with Gasteiger partial charge in [0.05, 0.1) is 16.3 Å². The van der Waals surface area contributed by atoms with E-state index in [1.165, 1.54) is 24.3 Å². The van der Waals surface area contributed by atoms with E-state index in [1.807, 2.05) is 6.07 Å². The molecule has 1 aliphatic heterocycles. The van der Waals surface area contributed by atoms with E-state index in [-0.39, 0.29) is 10.8 Å². The van der Waals surface area contributed by atoms with Gasteiger partial charge >= 0.3 is 12.1 Å². The van der Waals surface area contributed by atoms with Crippen molar-refractivity contribution in [1.82, 2.24) is 15.6 Å². The van der Waals surface area contributed by atoms with Gasteiger partial charge in [-0.2, -0.15) is 13.2 Å². The van der Waals surface area contributed by atoms with Crippen molar-refractivity contribution in [2.75, 3.05) is 35.8 Å². The second-order valence-corrected chi connectivity index (χ2v) is 10.5. The number of carbonyl (C=O) groups is 2. The maximum absolute atomic E-state index is 13.0. The van der Waals surface area contributed by atoms with Gasteiger partial charge in [0.2, 0.25) is 0 Å². The van der Waals surface area contributed by atoms with E-state index in [0.29, 0.717) is 22.8 Å². The van der Waals surface area contributed by atoms with Gasteiger partial charge < -0.3 is 20.6 Å². The number of benzene rings is 2. The quantitative estimate of drug-likeness (QED) is 0.323. The Hall–Kier alpha value is -3.88. The number of alkyl halides is 3. The molecular formula is C25H25ClF3N5O5S.